The van der Waals surface area contributed by atoms with Gasteiger partial charge in [0, 0.05) is 30.4 Å². The molecule has 0 bridgehead atoms. The van der Waals surface area contributed by atoms with Crippen LogP contribution in [0.5, 0.6) is 0 Å². The molecule has 1 aromatic carbocycles. The maximum Gasteiger partial charge on any atom is 0.416 e. The quantitative estimate of drug-likeness (QED) is 0.575. The fourth-order valence-corrected chi connectivity index (χ4v) is 5.37. The molecule has 36 heavy (non-hydrogen) atoms. The van der Waals surface area contributed by atoms with Gasteiger partial charge >= 0.3 is 6.18 Å². The number of alkyl halides is 3. The summed E-state index contributed by atoms with van der Waals surface area (Å²) >= 11 is 0. The minimum Gasteiger partial charge on any atom is -0.358 e. The first-order valence-electron chi connectivity index (χ1n) is 12.3. The number of carbonyl (C=O) groups is 2. The summed E-state index contributed by atoms with van der Waals surface area (Å²) in [4.78, 5) is 35.4. The van der Waals surface area contributed by atoms with E-state index in [4.69, 9.17) is 0 Å². The molecule has 11 heteroatoms. The number of anilines is 1. The van der Waals surface area contributed by atoms with E-state index >= 15 is 0 Å². The Bertz CT molecular complexity index is 1130. The van der Waals surface area contributed by atoms with Crippen LogP contribution >= 0.6 is 0 Å². The summed E-state index contributed by atoms with van der Waals surface area (Å²) in [7, 11) is 0. The third-order valence-corrected chi connectivity index (χ3v) is 6.75. The predicted molar refractivity (Wildman–Crippen MR) is 130 cm³/mol. The van der Waals surface area contributed by atoms with E-state index < -0.39 is 17.8 Å². The summed E-state index contributed by atoms with van der Waals surface area (Å²) in [6, 6.07) is 2.55. The first-order chi connectivity index (χ1) is 16.8. The molecule has 0 spiro atoms. The third-order valence-electron chi connectivity index (χ3n) is 6.75. The lowest BCUT2D eigenvalue weighted by Gasteiger charge is -2.43. The molecule has 2 aliphatic rings. The van der Waals surface area contributed by atoms with Gasteiger partial charge < -0.3 is 20.9 Å². The van der Waals surface area contributed by atoms with E-state index in [2.05, 4.69) is 46.7 Å². The van der Waals surface area contributed by atoms with Crippen LogP contribution < -0.4 is 16.0 Å². The smallest absolute Gasteiger partial charge is 0.358 e. The van der Waals surface area contributed by atoms with Gasteiger partial charge in [-0.1, -0.05) is 0 Å². The molecule has 4 atom stereocenters. The van der Waals surface area contributed by atoms with Gasteiger partial charge in [0.2, 0.25) is 11.8 Å². The van der Waals surface area contributed by atoms with Crippen molar-refractivity contribution in [3.8, 4) is 0 Å². The fraction of sp³-hybridized carbons (Fsp3) is 0.600. The zero-order valence-electron chi connectivity index (χ0n) is 20.9. The van der Waals surface area contributed by atoms with Crippen LogP contribution in [0, 0.1) is 0 Å². The van der Waals surface area contributed by atoms with Gasteiger partial charge in [-0.25, -0.2) is 9.97 Å². The van der Waals surface area contributed by atoms with Crippen LogP contribution in [0.3, 0.4) is 0 Å². The maximum atomic E-state index is 13.4. The lowest BCUT2D eigenvalue weighted by molar-refractivity contribution is -0.137. The van der Waals surface area contributed by atoms with Crippen molar-refractivity contribution in [2.45, 2.75) is 89.3 Å². The molecule has 1 unspecified atom stereocenters. The fourth-order valence-electron chi connectivity index (χ4n) is 5.37. The van der Waals surface area contributed by atoms with Crippen molar-refractivity contribution in [2.24, 2.45) is 0 Å². The van der Waals surface area contributed by atoms with E-state index in [0.717, 1.165) is 25.0 Å². The van der Waals surface area contributed by atoms with Crippen molar-refractivity contribution in [3.63, 3.8) is 0 Å². The number of benzene rings is 1. The van der Waals surface area contributed by atoms with E-state index in [0.29, 0.717) is 24.9 Å². The summed E-state index contributed by atoms with van der Waals surface area (Å²) in [5.74, 6) is -0.0882. The van der Waals surface area contributed by atoms with Crippen LogP contribution in [-0.2, 0) is 15.8 Å². The van der Waals surface area contributed by atoms with Gasteiger partial charge in [-0.3, -0.25) is 9.59 Å². The van der Waals surface area contributed by atoms with Crippen LogP contribution in [0.4, 0.5) is 19.0 Å². The summed E-state index contributed by atoms with van der Waals surface area (Å²) in [5.41, 5.74) is -0.507. The maximum absolute atomic E-state index is 13.4. The van der Waals surface area contributed by atoms with E-state index in [-0.39, 0.29) is 46.7 Å². The first-order valence-corrected chi connectivity index (χ1v) is 12.3. The summed E-state index contributed by atoms with van der Waals surface area (Å²) < 4.78 is 39.8. The monoisotopic (exact) mass is 506 g/mol. The number of nitrogens with zero attached hydrogens (tertiary/aromatic N) is 3. The average Bonchev–Trinajstić information content (AvgIpc) is 3.11. The average molecular weight is 507 g/mol. The van der Waals surface area contributed by atoms with Crippen LogP contribution in [0.2, 0.25) is 0 Å². The Morgan fingerprint density at radius 1 is 1.11 bits per heavy atom. The van der Waals surface area contributed by atoms with E-state index in [1.807, 2.05) is 0 Å². The van der Waals surface area contributed by atoms with Crippen molar-refractivity contribution in [2.75, 3.05) is 11.9 Å². The molecule has 2 amide bonds. The van der Waals surface area contributed by atoms with Gasteiger partial charge in [-0.15, -0.1) is 0 Å². The van der Waals surface area contributed by atoms with Crippen molar-refractivity contribution in [3.05, 3.63) is 30.1 Å². The van der Waals surface area contributed by atoms with Gasteiger partial charge in [0.05, 0.1) is 23.2 Å². The van der Waals surface area contributed by atoms with Crippen molar-refractivity contribution in [1.29, 1.82) is 0 Å². The van der Waals surface area contributed by atoms with Crippen LogP contribution in [0.15, 0.2) is 24.5 Å². The molecular formula is C25H33F3N6O2. The highest BCUT2D eigenvalue weighted by atomic mass is 19.4. The summed E-state index contributed by atoms with van der Waals surface area (Å²) in [6.07, 6.45) is -0.429. The largest absolute Gasteiger partial charge is 0.416 e. The van der Waals surface area contributed by atoms with Crippen LogP contribution in [0.25, 0.3) is 10.9 Å². The number of hydrogen-bond donors (Lipinski definition) is 3. The Balaban J connectivity index is 1.51. The molecule has 0 radical (unpaired) electrons. The predicted octanol–water partition coefficient (Wildman–Crippen LogP) is 3.48. The van der Waals surface area contributed by atoms with Gasteiger partial charge in [0.1, 0.15) is 18.2 Å². The molecule has 1 aromatic heterocycles. The van der Waals surface area contributed by atoms with Crippen LogP contribution in [0.1, 0.15) is 58.9 Å². The van der Waals surface area contributed by atoms with Gasteiger partial charge in [0.25, 0.3) is 0 Å². The molecule has 8 nitrogen and oxygen atoms in total. The highest BCUT2D eigenvalue weighted by molar-refractivity contribution is 5.93. The minimum atomic E-state index is -4.50. The Hall–Kier alpha value is -2.95. The highest BCUT2D eigenvalue weighted by Crippen LogP contribution is 2.34. The second-order valence-electron chi connectivity index (χ2n) is 10.7. The molecule has 1 saturated carbocycles. The SMILES string of the molecule is CC(=O)N[C@@H]1C[C@H](NC(C)(C)C)CC[C@@H]1N1CCC(Nc2ncnc3ccc(C(F)(F)F)cc23)C1=O. The Labute approximate surface area is 208 Å². The number of likely N-dealkylation sites (tertiary alicyclic amines) is 1. The molecule has 2 aromatic rings. The number of aromatic nitrogens is 2. The molecule has 1 aliphatic carbocycles. The molecule has 2 fully saturated rings. The topological polar surface area (TPSA) is 99.2 Å². The lowest BCUT2D eigenvalue weighted by Crippen LogP contribution is -2.59. The van der Waals surface area contributed by atoms with E-state index in [1.54, 1.807) is 4.90 Å². The molecule has 4 rings (SSSR count). The molecule has 196 valence electrons. The zero-order chi connectivity index (χ0) is 26.3. The number of carbonyl (C=O) groups excluding carboxylic acids is 2. The normalized spacial score (nSPS) is 25.3. The minimum absolute atomic E-state index is 0.0664. The molecular weight excluding hydrogens is 473 g/mol. The zero-order valence-corrected chi connectivity index (χ0v) is 20.9. The number of hydrogen-bond acceptors (Lipinski definition) is 6. The molecule has 1 aliphatic heterocycles. The molecule has 2 heterocycles. The standard InChI is InChI=1S/C25H33F3N6O2/c1-14(35)31-20-12-16(33-24(2,3)4)6-8-21(20)34-10-9-19(23(34)36)32-22-17-11-15(25(26,27)28)5-7-18(17)29-13-30-22/h5,7,11,13,16,19-21,33H,6,8-10,12H2,1-4H3,(H,31,35)(H,29,30,32)/t16-,19?,20-,21+/m1/s1. The summed E-state index contributed by atoms with van der Waals surface area (Å²) in [6.45, 7) is 8.26. The van der Waals surface area contributed by atoms with Gasteiger partial charge in [0.15, 0.2) is 0 Å². The Morgan fingerprint density at radius 3 is 2.53 bits per heavy atom. The number of halogens is 3. The van der Waals surface area contributed by atoms with Crippen molar-refractivity contribution in [1.82, 2.24) is 25.5 Å². The van der Waals surface area contributed by atoms with E-state index in [1.165, 1.54) is 19.3 Å². The number of fused-ring (bicyclic) bond motifs is 1. The Kier molecular flexibility index (Phi) is 7.14. The number of rotatable bonds is 5. The van der Waals surface area contributed by atoms with E-state index in [9.17, 15) is 22.8 Å². The van der Waals surface area contributed by atoms with Gasteiger partial charge in [-0.05, 0) is 64.7 Å². The molecule has 3 N–H and O–H groups in total. The molecule has 1 saturated heterocycles. The second kappa shape index (κ2) is 9.84. The second-order valence-corrected chi connectivity index (χ2v) is 10.7. The summed E-state index contributed by atoms with van der Waals surface area (Å²) in [5, 5.41) is 9.91. The third kappa shape index (κ3) is 5.88. The first kappa shape index (κ1) is 26.1. The van der Waals surface area contributed by atoms with Crippen LogP contribution in [-0.4, -0.2) is 62.9 Å². The lowest BCUT2D eigenvalue weighted by atomic mass is 9.84. The number of nitrogens with one attached hydrogen (secondary N) is 3. The highest BCUT2D eigenvalue weighted by Gasteiger charge is 2.42. The Morgan fingerprint density at radius 2 is 1.86 bits per heavy atom. The van der Waals surface area contributed by atoms with Crippen molar-refractivity contribution >= 4 is 28.5 Å². The number of amides is 2. The van der Waals surface area contributed by atoms with Gasteiger partial charge in [-0.2, -0.15) is 13.2 Å². The van der Waals surface area contributed by atoms with Crippen molar-refractivity contribution < 1.29 is 22.8 Å².